The van der Waals surface area contributed by atoms with Crippen molar-refractivity contribution >= 4 is 5.96 Å². The average molecular weight is 274 g/mol. The van der Waals surface area contributed by atoms with Gasteiger partial charge < -0.3 is 10.2 Å². The van der Waals surface area contributed by atoms with Crippen molar-refractivity contribution in [2.75, 3.05) is 20.1 Å². The van der Waals surface area contributed by atoms with E-state index < -0.39 is 0 Å². The molecule has 0 spiro atoms. The van der Waals surface area contributed by atoms with Crippen LogP contribution in [-0.4, -0.2) is 36.0 Å². The molecule has 0 bridgehead atoms. The molecule has 1 aromatic rings. The van der Waals surface area contributed by atoms with Crippen molar-refractivity contribution in [2.45, 2.75) is 33.2 Å². The first-order valence-electron chi connectivity index (χ1n) is 7.20. The van der Waals surface area contributed by atoms with Crippen LogP contribution in [0.3, 0.4) is 0 Å². The minimum Gasteiger partial charge on any atom is -0.357 e. The van der Waals surface area contributed by atoms with Crippen LogP contribution in [0.15, 0.2) is 35.8 Å². The zero-order chi connectivity index (χ0) is 14.8. The highest BCUT2D eigenvalue weighted by atomic mass is 15.3. The van der Waals surface area contributed by atoms with E-state index in [-0.39, 0.29) is 0 Å². The second kappa shape index (κ2) is 9.13. The average Bonchev–Trinajstić information content (AvgIpc) is 2.43. The van der Waals surface area contributed by atoms with Crippen molar-refractivity contribution in [2.24, 2.45) is 4.99 Å². The molecule has 0 aliphatic heterocycles. The molecule has 1 heterocycles. The molecule has 0 saturated heterocycles. The third-order valence-electron chi connectivity index (χ3n) is 2.94. The molecule has 0 unspecified atom stereocenters. The van der Waals surface area contributed by atoms with Crippen LogP contribution in [0.2, 0.25) is 0 Å². The molecule has 0 aliphatic carbocycles. The van der Waals surface area contributed by atoms with Gasteiger partial charge in [0.25, 0.3) is 0 Å². The monoisotopic (exact) mass is 274 g/mol. The number of rotatable bonds is 7. The first-order chi connectivity index (χ1) is 9.67. The highest BCUT2D eigenvalue weighted by molar-refractivity contribution is 5.79. The smallest absolute Gasteiger partial charge is 0.194 e. The molecule has 20 heavy (non-hydrogen) atoms. The Morgan fingerprint density at radius 3 is 2.95 bits per heavy atom. The van der Waals surface area contributed by atoms with Gasteiger partial charge in [-0.05, 0) is 38.8 Å². The minimum atomic E-state index is 0.607. The third-order valence-corrected chi connectivity index (χ3v) is 2.94. The molecule has 0 aromatic carbocycles. The lowest BCUT2D eigenvalue weighted by atomic mass is 10.3. The first-order valence-corrected chi connectivity index (χ1v) is 7.20. The van der Waals surface area contributed by atoms with Gasteiger partial charge in [0, 0.05) is 25.8 Å². The molecule has 4 nitrogen and oxygen atoms in total. The Balaban J connectivity index is 2.63. The van der Waals surface area contributed by atoms with Gasteiger partial charge in [0.1, 0.15) is 0 Å². The van der Waals surface area contributed by atoms with Crippen molar-refractivity contribution in [3.63, 3.8) is 0 Å². The fourth-order valence-electron chi connectivity index (χ4n) is 1.89. The molecular formula is C16H26N4. The van der Waals surface area contributed by atoms with E-state index in [4.69, 9.17) is 0 Å². The highest BCUT2D eigenvalue weighted by Gasteiger charge is 2.04. The summed E-state index contributed by atoms with van der Waals surface area (Å²) in [5.41, 5.74) is 2.03. The zero-order valence-electron chi connectivity index (χ0n) is 12.9. The molecule has 0 saturated carbocycles. The number of pyridine rings is 1. The van der Waals surface area contributed by atoms with Gasteiger partial charge in [0.2, 0.25) is 0 Å². The Morgan fingerprint density at radius 2 is 2.30 bits per heavy atom. The maximum atomic E-state index is 4.65. The number of aliphatic imine (C=N–C) groups is 1. The SMILES string of the molecule is C=CCCCN(C)C(=NCc1cccc(C)n1)NCC. The standard InChI is InChI=1S/C16H26N4/c1-5-7-8-12-20(4)16(17-6-2)18-13-15-11-9-10-14(3)19-15/h5,9-11H,1,6-8,12-13H2,2-4H3,(H,17,18). The maximum absolute atomic E-state index is 4.65. The Bertz CT molecular complexity index is 440. The maximum Gasteiger partial charge on any atom is 0.194 e. The van der Waals surface area contributed by atoms with Crippen molar-refractivity contribution in [1.82, 2.24) is 15.2 Å². The summed E-state index contributed by atoms with van der Waals surface area (Å²) < 4.78 is 0. The zero-order valence-corrected chi connectivity index (χ0v) is 12.9. The highest BCUT2D eigenvalue weighted by Crippen LogP contribution is 2.01. The number of hydrogen-bond acceptors (Lipinski definition) is 2. The van der Waals surface area contributed by atoms with Gasteiger partial charge in [-0.15, -0.1) is 6.58 Å². The molecule has 4 heteroatoms. The molecular weight excluding hydrogens is 248 g/mol. The van der Waals surface area contributed by atoms with Crippen molar-refractivity contribution in [3.8, 4) is 0 Å². The van der Waals surface area contributed by atoms with Crippen LogP contribution in [0, 0.1) is 6.92 Å². The lowest BCUT2D eigenvalue weighted by molar-refractivity contribution is 0.470. The molecule has 0 amide bonds. The first kappa shape index (κ1) is 16.2. The van der Waals surface area contributed by atoms with Crippen LogP contribution in [0.4, 0.5) is 0 Å². The third kappa shape index (κ3) is 5.87. The number of unbranched alkanes of at least 4 members (excludes halogenated alkanes) is 1. The largest absolute Gasteiger partial charge is 0.357 e. The number of hydrogen-bond donors (Lipinski definition) is 1. The van der Waals surface area contributed by atoms with E-state index in [1.807, 2.05) is 31.2 Å². The van der Waals surface area contributed by atoms with Crippen LogP contribution >= 0.6 is 0 Å². The summed E-state index contributed by atoms with van der Waals surface area (Å²) in [4.78, 5) is 11.3. The summed E-state index contributed by atoms with van der Waals surface area (Å²) in [6, 6.07) is 6.03. The summed E-state index contributed by atoms with van der Waals surface area (Å²) >= 11 is 0. The molecule has 0 atom stereocenters. The fourth-order valence-corrected chi connectivity index (χ4v) is 1.89. The van der Waals surface area contributed by atoms with E-state index in [1.165, 1.54) is 0 Å². The molecule has 1 N–H and O–H groups in total. The van der Waals surface area contributed by atoms with Gasteiger partial charge in [-0.1, -0.05) is 12.1 Å². The summed E-state index contributed by atoms with van der Waals surface area (Å²) in [5.74, 6) is 0.930. The Labute approximate surface area is 122 Å². The molecule has 1 rings (SSSR count). The summed E-state index contributed by atoms with van der Waals surface area (Å²) in [6.07, 6.45) is 4.07. The van der Waals surface area contributed by atoms with E-state index in [0.29, 0.717) is 6.54 Å². The fraction of sp³-hybridized carbons (Fsp3) is 0.500. The number of guanidine groups is 1. The van der Waals surface area contributed by atoms with E-state index in [2.05, 4.69) is 40.7 Å². The molecule has 0 fully saturated rings. The number of nitrogens with one attached hydrogen (secondary N) is 1. The van der Waals surface area contributed by atoms with Gasteiger partial charge in [0.05, 0.1) is 12.2 Å². The Kier molecular flexibility index (Phi) is 7.40. The van der Waals surface area contributed by atoms with E-state index in [1.54, 1.807) is 0 Å². The van der Waals surface area contributed by atoms with Gasteiger partial charge in [-0.25, -0.2) is 4.99 Å². The lowest BCUT2D eigenvalue weighted by Crippen LogP contribution is -2.39. The van der Waals surface area contributed by atoms with Gasteiger partial charge in [-0.2, -0.15) is 0 Å². The number of allylic oxidation sites excluding steroid dienone is 1. The van der Waals surface area contributed by atoms with Crippen LogP contribution < -0.4 is 5.32 Å². The van der Waals surface area contributed by atoms with Gasteiger partial charge >= 0.3 is 0 Å². The normalized spacial score (nSPS) is 11.2. The lowest BCUT2D eigenvalue weighted by Gasteiger charge is -2.21. The van der Waals surface area contributed by atoms with Crippen molar-refractivity contribution < 1.29 is 0 Å². The van der Waals surface area contributed by atoms with E-state index in [9.17, 15) is 0 Å². The quantitative estimate of drug-likeness (QED) is 0.360. The van der Waals surface area contributed by atoms with E-state index in [0.717, 1.165) is 43.3 Å². The van der Waals surface area contributed by atoms with E-state index >= 15 is 0 Å². The van der Waals surface area contributed by atoms with Crippen LogP contribution in [0.1, 0.15) is 31.2 Å². The van der Waals surface area contributed by atoms with Gasteiger partial charge in [0.15, 0.2) is 5.96 Å². The van der Waals surface area contributed by atoms with Crippen LogP contribution in [0.5, 0.6) is 0 Å². The molecule has 0 radical (unpaired) electrons. The second-order valence-electron chi connectivity index (χ2n) is 4.79. The number of aryl methyl sites for hydroxylation is 1. The summed E-state index contributed by atoms with van der Waals surface area (Å²) in [5, 5.41) is 3.32. The minimum absolute atomic E-state index is 0.607. The number of nitrogens with zero attached hydrogens (tertiary/aromatic N) is 3. The predicted octanol–water partition coefficient (Wildman–Crippen LogP) is 2.75. The van der Waals surface area contributed by atoms with Crippen molar-refractivity contribution in [1.29, 1.82) is 0 Å². The molecule has 110 valence electrons. The van der Waals surface area contributed by atoms with Crippen molar-refractivity contribution in [3.05, 3.63) is 42.2 Å². The van der Waals surface area contributed by atoms with Gasteiger partial charge in [-0.3, -0.25) is 4.98 Å². The molecule has 1 aromatic heterocycles. The summed E-state index contributed by atoms with van der Waals surface area (Å²) in [6.45, 7) is 10.3. The predicted molar refractivity (Wildman–Crippen MR) is 85.9 cm³/mol. The van der Waals surface area contributed by atoms with Crippen LogP contribution in [-0.2, 0) is 6.54 Å². The molecule has 0 aliphatic rings. The number of aromatic nitrogens is 1. The topological polar surface area (TPSA) is 40.5 Å². The summed E-state index contributed by atoms with van der Waals surface area (Å²) in [7, 11) is 2.06. The van der Waals surface area contributed by atoms with Crippen LogP contribution in [0.25, 0.3) is 0 Å². The Hall–Kier alpha value is -1.84. The Morgan fingerprint density at radius 1 is 1.50 bits per heavy atom. The second-order valence-corrected chi connectivity index (χ2v) is 4.79.